The van der Waals surface area contributed by atoms with Crippen molar-refractivity contribution in [2.24, 2.45) is 46.3 Å². The molecule has 0 bridgehead atoms. The molecular formula is C49H64O7. The van der Waals surface area contributed by atoms with Crippen LogP contribution in [0.2, 0.25) is 0 Å². The monoisotopic (exact) mass is 764 g/mol. The first kappa shape index (κ1) is 39.1. The zero-order chi connectivity index (χ0) is 39.2. The normalized spacial score (nSPS) is 30.3. The Bertz CT molecular complexity index is 2010. The lowest BCUT2D eigenvalue weighted by Gasteiger charge is -2.61. The molecule has 8 atom stereocenters. The quantitative estimate of drug-likeness (QED) is 0.150. The van der Waals surface area contributed by atoms with Gasteiger partial charge in [0.15, 0.2) is 18.1 Å². The molecule has 302 valence electrons. The van der Waals surface area contributed by atoms with Gasteiger partial charge in [-0.05, 0) is 134 Å². The minimum absolute atomic E-state index is 0.121. The van der Waals surface area contributed by atoms with Gasteiger partial charge in [0.05, 0.1) is 24.2 Å². The van der Waals surface area contributed by atoms with Crippen LogP contribution in [0.15, 0.2) is 57.3 Å². The maximum atomic E-state index is 13.7. The third kappa shape index (κ3) is 7.65. The summed E-state index contributed by atoms with van der Waals surface area (Å²) in [5.74, 6) is 6.79. The molecule has 0 saturated heterocycles. The predicted molar refractivity (Wildman–Crippen MR) is 221 cm³/mol. The first-order valence-electron chi connectivity index (χ1n) is 21.9. The van der Waals surface area contributed by atoms with Crippen molar-refractivity contribution in [2.75, 3.05) is 19.8 Å². The zero-order valence-electron chi connectivity index (χ0n) is 34.8. The van der Waals surface area contributed by atoms with E-state index in [-0.39, 0.29) is 29.5 Å². The molecule has 7 heteroatoms. The van der Waals surface area contributed by atoms with Crippen molar-refractivity contribution >= 4 is 16.9 Å². The highest BCUT2D eigenvalue weighted by atomic mass is 16.6. The fraction of sp³-hybridized carbons (Fsp3) is 0.633. The molecule has 0 spiro atoms. The van der Waals surface area contributed by atoms with Crippen LogP contribution < -0.4 is 19.6 Å². The third-order valence-electron chi connectivity index (χ3n) is 15.1. The van der Waals surface area contributed by atoms with Crippen molar-refractivity contribution < 1.29 is 28.2 Å². The van der Waals surface area contributed by atoms with Gasteiger partial charge in [0.2, 0.25) is 5.43 Å². The van der Waals surface area contributed by atoms with Crippen LogP contribution >= 0.6 is 0 Å². The zero-order valence-corrected chi connectivity index (χ0v) is 34.8. The van der Waals surface area contributed by atoms with E-state index in [0.29, 0.717) is 63.7 Å². The summed E-state index contributed by atoms with van der Waals surface area (Å²) in [5, 5.41) is 0.443. The number of carbonyl (C=O) groups excluding carboxylic acids is 1. The smallest absolute Gasteiger partial charge is 0.344 e. The number of ether oxygens (including phenoxy) is 4. The molecule has 56 heavy (non-hydrogen) atoms. The molecule has 1 aromatic heterocycles. The average molecular weight is 765 g/mol. The Balaban J connectivity index is 0.867. The van der Waals surface area contributed by atoms with Gasteiger partial charge in [0, 0.05) is 18.9 Å². The molecule has 2 heterocycles. The van der Waals surface area contributed by atoms with Crippen LogP contribution in [0.4, 0.5) is 0 Å². The summed E-state index contributed by atoms with van der Waals surface area (Å²) in [7, 11) is 0. The maximum absolute atomic E-state index is 13.7. The van der Waals surface area contributed by atoms with Crippen LogP contribution in [0.3, 0.4) is 0 Å². The summed E-state index contributed by atoms with van der Waals surface area (Å²) in [6.45, 7) is 15.2. The van der Waals surface area contributed by atoms with Crippen LogP contribution in [-0.4, -0.2) is 31.9 Å². The van der Waals surface area contributed by atoms with Crippen LogP contribution in [0.1, 0.15) is 124 Å². The van der Waals surface area contributed by atoms with E-state index in [9.17, 15) is 9.59 Å². The number of rotatable bonds is 10. The van der Waals surface area contributed by atoms with E-state index in [2.05, 4.69) is 40.7 Å². The van der Waals surface area contributed by atoms with Gasteiger partial charge in [0.25, 0.3) is 0 Å². The largest absolute Gasteiger partial charge is 0.490 e. The fourth-order valence-corrected chi connectivity index (χ4v) is 12.0. The van der Waals surface area contributed by atoms with Gasteiger partial charge in [-0.2, -0.15) is 0 Å². The van der Waals surface area contributed by atoms with Gasteiger partial charge >= 0.3 is 5.97 Å². The Labute approximate surface area is 333 Å². The molecule has 0 amide bonds. The van der Waals surface area contributed by atoms with Crippen molar-refractivity contribution in [3.63, 3.8) is 0 Å². The Morgan fingerprint density at radius 1 is 0.929 bits per heavy atom. The highest BCUT2D eigenvalue weighted by molar-refractivity contribution is 5.84. The van der Waals surface area contributed by atoms with Crippen LogP contribution in [0, 0.1) is 53.3 Å². The Morgan fingerprint density at radius 3 is 2.57 bits per heavy atom. The lowest BCUT2D eigenvalue weighted by Crippen LogP contribution is -2.52. The molecule has 1 aliphatic heterocycles. The molecule has 3 aromatic rings. The van der Waals surface area contributed by atoms with Crippen molar-refractivity contribution in [1.29, 1.82) is 0 Å². The maximum Gasteiger partial charge on any atom is 0.344 e. The molecule has 7 nitrogen and oxygen atoms in total. The van der Waals surface area contributed by atoms with Gasteiger partial charge in [-0.15, -0.1) is 0 Å². The SMILES string of the molecule is Cc1oc2cc(OCC(=O)O[C@@H]3CC[C@@]4(C)C(=CC[C@H]5[C@H]4CC[C@]4(C)C[C@@H]([C@H](C)CCCC(C)C)CC[C@@H]54)C3)ccc2c(=O)c1-c1ccc2c(c1)OCCCO2. The van der Waals surface area contributed by atoms with E-state index in [0.717, 1.165) is 61.2 Å². The first-order valence-corrected chi connectivity index (χ1v) is 21.9. The van der Waals surface area contributed by atoms with Crippen LogP contribution in [0.5, 0.6) is 17.2 Å². The number of carbonyl (C=O) groups is 1. The molecule has 3 fully saturated rings. The van der Waals surface area contributed by atoms with Crippen molar-refractivity contribution in [1.82, 2.24) is 0 Å². The number of allylic oxidation sites excluding steroid dienone is 1. The molecule has 5 aliphatic rings. The van der Waals surface area contributed by atoms with E-state index < -0.39 is 0 Å². The second-order valence-corrected chi connectivity index (χ2v) is 19.2. The summed E-state index contributed by atoms with van der Waals surface area (Å²) in [4.78, 5) is 26.8. The van der Waals surface area contributed by atoms with E-state index in [1.54, 1.807) is 25.1 Å². The van der Waals surface area contributed by atoms with Gasteiger partial charge in [-0.3, -0.25) is 4.79 Å². The second-order valence-electron chi connectivity index (χ2n) is 19.2. The number of aryl methyl sites for hydroxylation is 1. The molecule has 0 radical (unpaired) electrons. The highest BCUT2D eigenvalue weighted by Crippen LogP contribution is 2.65. The number of esters is 1. The summed E-state index contributed by atoms with van der Waals surface area (Å²) < 4.78 is 29.8. The molecule has 3 saturated carbocycles. The minimum atomic E-state index is -0.362. The lowest BCUT2D eigenvalue weighted by atomic mass is 9.44. The van der Waals surface area contributed by atoms with Crippen LogP contribution in [-0.2, 0) is 9.53 Å². The minimum Gasteiger partial charge on any atom is -0.490 e. The Hall–Kier alpha value is -3.74. The number of benzene rings is 2. The Kier molecular flexibility index (Phi) is 11.1. The van der Waals surface area contributed by atoms with Gasteiger partial charge < -0.3 is 23.4 Å². The summed E-state index contributed by atoms with van der Waals surface area (Å²) >= 11 is 0. The second kappa shape index (κ2) is 15.9. The number of hydrogen-bond acceptors (Lipinski definition) is 7. The van der Waals surface area contributed by atoms with Crippen molar-refractivity contribution in [2.45, 2.75) is 131 Å². The van der Waals surface area contributed by atoms with Gasteiger partial charge in [-0.1, -0.05) is 71.6 Å². The Morgan fingerprint density at radius 2 is 1.75 bits per heavy atom. The highest BCUT2D eigenvalue weighted by Gasteiger charge is 2.56. The number of hydrogen-bond donors (Lipinski definition) is 0. The molecule has 4 aliphatic carbocycles. The molecule has 0 N–H and O–H groups in total. The molecule has 2 aromatic carbocycles. The standard InChI is InChI=1S/C49H64O7/c1-30(2)9-7-10-31(3)34-11-17-40-38-15-13-35-26-37(19-22-49(35,6)41(38)20-21-48(40,5)28-34)56-45(50)29-54-36-14-16-39-43(27-36)55-32(4)46(47(39)51)33-12-18-42-44(25-33)53-24-8-23-52-42/h12-14,16,18,25,27,30-31,34,37-38,40-41H,7-11,15,17,19-24,26,28-29H2,1-6H3/t31-,34+,37-,38-,40+,41-,48-,49+/m1/s1. The summed E-state index contributed by atoms with van der Waals surface area (Å²) in [5.41, 5.74) is 3.69. The molecular weight excluding hydrogens is 701 g/mol. The van der Waals surface area contributed by atoms with E-state index in [1.165, 1.54) is 63.4 Å². The average Bonchev–Trinajstić information content (AvgIpc) is 3.41. The molecule has 8 rings (SSSR count). The fourth-order valence-electron chi connectivity index (χ4n) is 12.0. The van der Waals surface area contributed by atoms with E-state index in [4.69, 9.17) is 23.4 Å². The van der Waals surface area contributed by atoms with E-state index in [1.807, 2.05) is 18.2 Å². The van der Waals surface area contributed by atoms with Crippen molar-refractivity contribution in [3.8, 4) is 28.4 Å². The number of fused-ring (bicyclic) bond motifs is 7. The topological polar surface area (TPSA) is 84.2 Å². The summed E-state index contributed by atoms with van der Waals surface area (Å²) in [6.07, 6.45) is 18.3. The van der Waals surface area contributed by atoms with Gasteiger partial charge in [0.1, 0.15) is 23.2 Å². The van der Waals surface area contributed by atoms with E-state index >= 15 is 0 Å². The van der Waals surface area contributed by atoms with Gasteiger partial charge in [-0.25, -0.2) is 4.79 Å². The van der Waals surface area contributed by atoms with Crippen LogP contribution in [0.25, 0.3) is 22.1 Å². The summed E-state index contributed by atoms with van der Waals surface area (Å²) in [6, 6.07) is 10.6. The predicted octanol–water partition coefficient (Wildman–Crippen LogP) is 11.7. The first-order chi connectivity index (χ1) is 26.9. The van der Waals surface area contributed by atoms with Crippen molar-refractivity contribution in [3.05, 3.63) is 64.0 Å². The lowest BCUT2D eigenvalue weighted by molar-refractivity contribution is -0.154. The molecule has 0 unspecified atom stereocenters. The third-order valence-corrected chi connectivity index (χ3v) is 15.1.